The number of hydrogen-bond acceptors (Lipinski definition) is 3. The predicted molar refractivity (Wildman–Crippen MR) is 107 cm³/mol. The normalized spacial score (nSPS) is 11.6. The summed E-state index contributed by atoms with van der Waals surface area (Å²) >= 11 is 0. The van der Waals surface area contributed by atoms with E-state index in [2.05, 4.69) is 5.32 Å². The zero-order chi connectivity index (χ0) is 19.8. The number of aryl methyl sites for hydroxylation is 2. The molecule has 0 bridgehead atoms. The molecule has 2 aromatic carbocycles. The highest BCUT2D eigenvalue weighted by Gasteiger charge is 2.26. The molecule has 5 nitrogen and oxygen atoms in total. The van der Waals surface area contributed by atoms with Crippen molar-refractivity contribution in [1.82, 2.24) is 10.2 Å². The zero-order valence-electron chi connectivity index (χ0n) is 16.5. The van der Waals surface area contributed by atoms with Gasteiger partial charge in [0.05, 0.1) is 0 Å². The quantitative estimate of drug-likeness (QED) is 0.778. The first kappa shape index (κ1) is 20.5. The second kappa shape index (κ2) is 9.76. The minimum Gasteiger partial charge on any atom is -0.483 e. The predicted octanol–water partition coefficient (Wildman–Crippen LogP) is 3.24. The number of amides is 2. The monoisotopic (exact) mass is 368 g/mol. The van der Waals surface area contributed by atoms with Gasteiger partial charge in [-0.15, -0.1) is 0 Å². The molecule has 0 aliphatic heterocycles. The van der Waals surface area contributed by atoms with E-state index >= 15 is 0 Å². The number of likely N-dealkylation sites (N-methyl/N-ethyl adjacent to an activating group) is 1. The molecule has 0 saturated carbocycles. The molecule has 1 atom stereocenters. The van der Waals surface area contributed by atoms with E-state index < -0.39 is 6.04 Å². The molecule has 5 heteroatoms. The summed E-state index contributed by atoms with van der Waals surface area (Å²) in [6.07, 6.45) is 0. The molecule has 1 N–H and O–H groups in total. The Kier molecular flexibility index (Phi) is 7.41. The maximum atomic E-state index is 12.9. The average molecular weight is 368 g/mol. The number of ether oxygens (including phenoxy) is 1. The van der Waals surface area contributed by atoms with E-state index in [1.807, 2.05) is 69.3 Å². The Morgan fingerprint density at radius 2 is 1.81 bits per heavy atom. The first-order valence-electron chi connectivity index (χ1n) is 9.23. The Bertz CT molecular complexity index is 774. The molecule has 0 spiro atoms. The number of rotatable bonds is 8. The lowest BCUT2D eigenvalue weighted by Gasteiger charge is -2.28. The molecular weight excluding hydrogens is 340 g/mol. The minimum atomic E-state index is -0.583. The first-order chi connectivity index (χ1) is 12.9. The van der Waals surface area contributed by atoms with Crippen molar-refractivity contribution in [3.8, 4) is 5.75 Å². The van der Waals surface area contributed by atoms with Crippen LogP contribution in [-0.2, 0) is 16.1 Å². The Hall–Kier alpha value is -2.82. The standard InChI is InChI=1S/C22H28N2O3/c1-5-23-22(26)18(4)24(14-19-9-7-6-8-10-19)21(25)15-27-20-12-11-16(2)13-17(20)3/h6-13,18H,5,14-15H2,1-4H3,(H,23,26). The topological polar surface area (TPSA) is 58.6 Å². The third kappa shape index (κ3) is 5.84. The molecule has 0 radical (unpaired) electrons. The van der Waals surface area contributed by atoms with Crippen LogP contribution in [0.1, 0.15) is 30.5 Å². The highest BCUT2D eigenvalue weighted by molar-refractivity contribution is 5.87. The van der Waals surface area contributed by atoms with Gasteiger partial charge in [0.25, 0.3) is 5.91 Å². The van der Waals surface area contributed by atoms with Crippen LogP contribution in [0.3, 0.4) is 0 Å². The van der Waals surface area contributed by atoms with Gasteiger partial charge in [-0.25, -0.2) is 0 Å². The van der Waals surface area contributed by atoms with E-state index in [0.29, 0.717) is 18.8 Å². The van der Waals surface area contributed by atoms with Crippen LogP contribution >= 0.6 is 0 Å². The van der Waals surface area contributed by atoms with E-state index in [1.54, 1.807) is 11.8 Å². The van der Waals surface area contributed by atoms with E-state index in [-0.39, 0.29) is 18.4 Å². The van der Waals surface area contributed by atoms with Crippen molar-refractivity contribution >= 4 is 11.8 Å². The Morgan fingerprint density at radius 1 is 1.11 bits per heavy atom. The van der Waals surface area contributed by atoms with Gasteiger partial charge in [0.2, 0.25) is 5.91 Å². The number of carbonyl (C=O) groups is 2. The van der Waals surface area contributed by atoms with Crippen molar-refractivity contribution in [2.45, 2.75) is 40.3 Å². The lowest BCUT2D eigenvalue weighted by molar-refractivity contribution is -0.142. The fraction of sp³-hybridized carbons (Fsp3) is 0.364. The SMILES string of the molecule is CCNC(=O)C(C)N(Cc1ccccc1)C(=O)COc1ccc(C)cc1C. The van der Waals surface area contributed by atoms with E-state index in [9.17, 15) is 9.59 Å². The van der Waals surface area contributed by atoms with Gasteiger partial charge < -0.3 is 15.0 Å². The van der Waals surface area contributed by atoms with Gasteiger partial charge in [-0.1, -0.05) is 48.0 Å². The first-order valence-corrected chi connectivity index (χ1v) is 9.23. The van der Waals surface area contributed by atoms with E-state index in [4.69, 9.17) is 4.74 Å². The van der Waals surface area contributed by atoms with Gasteiger partial charge in [-0.2, -0.15) is 0 Å². The van der Waals surface area contributed by atoms with Gasteiger partial charge in [0.15, 0.2) is 6.61 Å². The summed E-state index contributed by atoms with van der Waals surface area (Å²) in [5.41, 5.74) is 3.09. The summed E-state index contributed by atoms with van der Waals surface area (Å²) in [7, 11) is 0. The molecule has 144 valence electrons. The summed E-state index contributed by atoms with van der Waals surface area (Å²) in [6, 6.07) is 14.9. The van der Waals surface area contributed by atoms with Crippen LogP contribution in [0.5, 0.6) is 5.75 Å². The highest BCUT2D eigenvalue weighted by Crippen LogP contribution is 2.19. The van der Waals surface area contributed by atoms with Crippen LogP contribution < -0.4 is 10.1 Å². The van der Waals surface area contributed by atoms with Gasteiger partial charge in [-0.05, 0) is 44.9 Å². The van der Waals surface area contributed by atoms with Crippen LogP contribution in [0.15, 0.2) is 48.5 Å². The number of nitrogens with zero attached hydrogens (tertiary/aromatic N) is 1. The van der Waals surface area contributed by atoms with Crippen LogP contribution in [0.2, 0.25) is 0 Å². The van der Waals surface area contributed by atoms with Crippen LogP contribution in [0.25, 0.3) is 0 Å². The second-order valence-corrected chi connectivity index (χ2v) is 6.64. The van der Waals surface area contributed by atoms with Crippen molar-refractivity contribution < 1.29 is 14.3 Å². The molecule has 2 amide bonds. The molecule has 0 aromatic heterocycles. The molecule has 0 saturated heterocycles. The Labute approximate surface area is 161 Å². The molecule has 2 rings (SSSR count). The maximum absolute atomic E-state index is 12.9. The number of nitrogens with one attached hydrogen (secondary N) is 1. The molecule has 27 heavy (non-hydrogen) atoms. The molecule has 0 heterocycles. The molecule has 0 aliphatic rings. The molecule has 0 fully saturated rings. The van der Waals surface area contributed by atoms with E-state index in [1.165, 1.54) is 0 Å². The number of carbonyl (C=O) groups excluding carboxylic acids is 2. The number of hydrogen-bond donors (Lipinski definition) is 1. The summed E-state index contributed by atoms with van der Waals surface area (Å²) in [5.74, 6) is 0.283. The van der Waals surface area contributed by atoms with Crippen LogP contribution in [0, 0.1) is 13.8 Å². The Morgan fingerprint density at radius 3 is 2.44 bits per heavy atom. The lowest BCUT2D eigenvalue weighted by atomic mass is 10.1. The third-order valence-corrected chi connectivity index (χ3v) is 4.40. The van der Waals surface area contributed by atoms with Crippen molar-refractivity contribution in [3.63, 3.8) is 0 Å². The van der Waals surface area contributed by atoms with Gasteiger partial charge in [0, 0.05) is 13.1 Å². The summed E-state index contributed by atoms with van der Waals surface area (Å²) < 4.78 is 5.74. The Balaban J connectivity index is 2.13. The number of benzene rings is 2. The zero-order valence-corrected chi connectivity index (χ0v) is 16.5. The van der Waals surface area contributed by atoms with Crippen molar-refractivity contribution in [3.05, 3.63) is 65.2 Å². The average Bonchev–Trinajstić information content (AvgIpc) is 2.65. The fourth-order valence-electron chi connectivity index (χ4n) is 2.87. The smallest absolute Gasteiger partial charge is 0.261 e. The summed E-state index contributed by atoms with van der Waals surface area (Å²) in [6.45, 7) is 8.33. The minimum absolute atomic E-state index is 0.111. The fourth-order valence-corrected chi connectivity index (χ4v) is 2.87. The second-order valence-electron chi connectivity index (χ2n) is 6.64. The molecule has 0 aliphatic carbocycles. The lowest BCUT2D eigenvalue weighted by Crippen LogP contribution is -2.49. The highest BCUT2D eigenvalue weighted by atomic mass is 16.5. The maximum Gasteiger partial charge on any atom is 0.261 e. The van der Waals surface area contributed by atoms with Gasteiger partial charge in [-0.3, -0.25) is 9.59 Å². The molecule has 2 aromatic rings. The van der Waals surface area contributed by atoms with E-state index in [0.717, 1.165) is 16.7 Å². The van der Waals surface area contributed by atoms with Crippen molar-refractivity contribution in [2.75, 3.05) is 13.2 Å². The van der Waals surface area contributed by atoms with Crippen LogP contribution in [0.4, 0.5) is 0 Å². The molecular formula is C22H28N2O3. The van der Waals surface area contributed by atoms with Crippen LogP contribution in [-0.4, -0.2) is 35.9 Å². The van der Waals surface area contributed by atoms with Crippen molar-refractivity contribution in [1.29, 1.82) is 0 Å². The van der Waals surface area contributed by atoms with Gasteiger partial charge >= 0.3 is 0 Å². The largest absolute Gasteiger partial charge is 0.483 e. The third-order valence-electron chi connectivity index (χ3n) is 4.40. The summed E-state index contributed by atoms with van der Waals surface area (Å²) in [4.78, 5) is 26.7. The molecule has 1 unspecified atom stereocenters. The summed E-state index contributed by atoms with van der Waals surface area (Å²) in [5, 5.41) is 2.78. The van der Waals surface area contributed by atoms with Crippen molar-refractivity contribution in [2.24, 2.45) is 0 Å². The van der Waals surface area contributed by atoms with Gasteiger partial charge in [0.1, 0.15) is 11.8 Å².